The topological polar surface area (TPSA) is 0 Å². The van der Waals surface area contributed by atoms with Crippen LogP contribution in [0.3, 0.4) is 0 Å². The first-order valence-corrected chi connectivity index (χ1v) is 6.40. The van der Waals surface area contributed by atoms with Crippen LogP contribution in [0.5, 0.6) is 0 Å². The van der Waals surface area contributed by atoms with E-state index in [9.17, 15) is 0 Å². The van der Waals surface area contributed by atoms with Crippen LogP contribution in [0.25, 0.3) is 11.1 Å². The molecular formula is C21H23Cl2Zr-3. The molecule has 0 N–H and O–H groups in total. The van der Waals surface area contributed by atoms with Crippen molar-refractivity contribution in [2.45, 2.75) is 19.8 Å². The fourth-order valence-corrected chi connectivity index (χ4v) is 3.11. The van der Waals surface area contributed by atoms with E-state index in [1.54, 1.807) is 0 Å². The number of halogens is 2. The average molecular weight is 438 g/mol. The van der Waals surface area contributed by atoms with Crippen LogP contribution in [-0.4, -0.2) is 0 Å². The van der Waals surface area contributed by atoms with Crippen LogP contribution in [0, 0.1) is 20.9 Å². The van der Waals surface area contributed by atoms with Gasteiger partial charge in [0.25, 0.3) is 0 Å². The summed E-state index contributed by atoms with van der Waals surface area (Å²) in [5, 5.41) is 0. The summed E-state index contributed by atoms with van der Waals surface area (Å²) in [4.78, 5) is 0. The van der Waals surface area contributed by atoms with Gasteiger partial charge in [-0.1, -0.05) is 56.0 Å². The molecule has 0 heterocycles. The van der Waals surface area contributed by atoms with Gasteiger partial charge < -0.3 is 39.7 Å². The second kappa shape index (κ2) is 11.9. The molecule has 0 aromatic heterocycles. The van der Waals surface area contributed by atoms with E-state index in [-0.39, 0.29) is 73.3 Å². The Bertz CT molecular complexity index is 644. The summed E-state index contributed by atoms with van der Waals surface area (Å²) in [6, 6.07) is 17.5. The maximum absolute atomic E-state index is 3.49. The minimum absolute atomic E-state index is 0. The molecule has 3 heteroatoms. The second-order valence-electron chi connectivity index (χ2n) is 4.85. The third-order valence-corrected chi connectivity index (χ3v) is 3.87. The second-order valence-corrected chi connectivity index (χ2v) is 4.85. The predicted molar refractivity (Wildman–Crippen MR) is 93.8 cm³/mol. The molecule has 2 aliphatic carbocycles. The van der Waals surface area contributed by atoms with Gasteiger partial charge in [-0.2, -0.15) is 6.08 Å². The third kappa shape index (κ3) is 4.51. The van der Waals surface area contributed by atoms with Crippen molar-refractivity contribution in [3.8, 4) is 11.1 Å². The van der Waals surface area contributed by atoms with Gasteiger partial charge in [-0.05, 0) is 22.3 Å². The third-order valence-electron chi connectivity index (χ3n) is 3.87. The van der Waals surface area contributed by atoms with Gasteiger partial charge in [-0.15, -0.1) is 6.42 Å². The largest absolute Gasteiger partial charge is 2.00 e. The predicted octanol–water partition coefficient (Wildman–Crippen LogP) is 0.0306. The van der Waals surface area contributed by atoms with Gasteiger partial charge in [0, 0.05) is 5.92 Å². The summed E-state index contributed by atoms with van der Waals surface area (Å²) in [6.45, 7) is 0. The monoisotopic (exact) mass is 435 g/mol. The fraction of sp³-hybridized carbons (Fsp3) is 0.143. The van der Waals surface area contributed by atoms with Crippen molar-refractivity contribution in [2.24, 2.45) is 0 Å². The van der Waals surface area contributed by atoms with Crippen molar-refractivity contribution < 1.29 is 51.0 Å². The zero-order valence-electron chi connectivity index (χ0n) is 13.3. The van der Waals surface area contributed by atoms with Crippen LogP contribution in [0.1, 0.15) is 30.9 Å². The Morgan fingerprint density at radius 3 is 1.67 bits per heavy atom. The van der Waals surface area contributed by atoms with Crippen molar-refractivity contribution >= 4 is 0 Å². The van der Waals surface area contributed by atoms with E-state index in [1.165, 1.54) is 27.8 Å². The first-order valence-electron chi connectivity index (χ1n) is 6.40. The normalized spacial score (nSPS) is 12.4. The number of fused-ring (bicyclic) bond motifs is 3. The molecule has 0 fully saturated rings. The van der Waals surface area contributed by atoms with Gasteiger partial charge in [0.1, 0.15) is 0 Å². The number of benzene rings is 2. The van der Waals surface area contributed by atoms with Crippen LogP contribution in [0.4, 0.5) is 0 Å². The van der Waals surface area contributed by atoms with Crippen molar-refractivity contribution in [3.05, 3.63) is 98.3 Å². The van der Waals surface area contributed by atoms with Crippen molar-refractivity contribution in [1.82, 2.24) is 0 Å². The summed E-state index contributed by atoms with van der Waals surface area (Å²) in [5.74, 6) is 0.385. The molecule has 128 valence electrons. The Kier molecular flexibility index (Phi) is 13.9. The maximum atomic E-state index is 3.49. The molecule has 2 aromatic carbocycles. The first kappa shape index (κ1) is 28.2. The molecule has 0 unspecified atom stereocenters. The Morgan fingerprint density at radius 2 is 1.25 bits per heavy atom. The Labute approximate surface area is 179 Å². The van der Waals surface area contributed by atoms with Gasteiger partial charge in [-0.25, -0.2) is 11.6 Å². The summed E-state index contributed by atoms with van der Waals surface area (Å²) in [7, 11) is 0. The van der Waals surface area contributed by atoms with Crippen LogP contribution >= 0.6 is 0 Å². The Balaban J connectivity index is -0.000000735. The van der Waals surface area contributed by atoms with Crippen molar-refractivity contribution in [3.63, 3.8) is 0 Å². The van der Waals surface area contributed by atoms with Crippen LogP contribution in [-0.2, 0) is 26.2 Å². The molecule has 0 bridgehead atoms. The molecule has 0 amide bonds. The van der Waals surface area contributed by atoms with Crippen LogP contribution < -0.4 is 24.8 Å². The van der Waals surface area contributed by atoms with Gasteiger partial charge >= 0.3 is 26.2 Å². The number of hydrogen-bond donors (Lipinski definition) is 0. The number of rotatable bonds is 1. The molecule has 4 rings (SSSR count). The van der Waals surface area contributed by atoms with E-state index < -0.39 is 0 Å². The molecule has 0 nitrogen and oxygen atoms in total. The summed E-state index contributed by atoms with van der Waals surface area (Å²) in [5.41, 5.74) is 6.94. The van der Waals surface area contributed by atoms with E-state index in [2.05, 4.69) is 66.8 Å². The quantitative estimate of drug-likeness (QED) is 0.553. The molecule has 0 atom stereocenters. The smallest absolute Gasteiger partial charge is 1.00 e. The SMILES string of the molecule is C.[C-]1=C(C2c3ccccc3-c3ccccc32)C=CC1.[CH3-].[CH3-].[Cl-].[Cl-].[Zr+2]. The summed E-state index contributed by atoms with van der Waals surface area (Å²) >= 11 is 0. The summed E-state index contributed by atoms with van der Waals surface area (Å²) < 4.78 is 0. The van der Waals surface area contributed by atoms with Gasteiger partial charge in [0.05, 0.1) is 0 Å². The zero-order valence-corrected chi connectivity index (χ0v) is 17.3. The Morgan fingerprint density at radius 1 is 0.792 bits per heavy atom. The molecule has 2 aromatic rings. The minimum Gasteiger partial charge on any atom is -1.00 e. The first-order chi connectivity index (χ1) is 8.95. The van der Waals surface area contributed by atoms with Crippen LogP contribution in [0.2, 0.25) is 0 Å². The zero-order chi connectivity index (χ0) is 11.9. The average Bonchev–Trinajstić information content (AvgIpc) is 3.03. The van der Waals surface area contributed by atoms with Gasteiger partial charge in [0.2, 0.25) is 0 Å². The van der Waals surface area contributed by atoms with Crippen molar-refractivity contribution in [1.29, 1.82) is 0 Å². The molecule has 0 saturated heterocycles. The van der Waals surface area contributed by atoms with E-state index in [0.29, 0.717) is 5.92 Å². The molecule has 24 heavy (non-hydrogen) atoms. The molecular weight excluding hydrogens is 414 g/mol. The van der Waals surface area contributed by atoms with Crippen molar-refractivity contribution in [2.75, 3.05) is 0 Å². The van der Waals surface area contributed by atoms with E-state index in [1.807, 2.05) is 0 Å². The molecule has 2 aliphatic rings. The Hall–Kier alpha value is -0.617. The number of allylic oxidation sites excluding steroid dienone is 4. The van der Waals surface area contributed by atoms with Crippen LogP contribution in [0.15, 0.2) is 66.3 Å². The summed E-state index contributed by atoms with van der Waals surface area (Å²) in [6.07, 6.45) is 8.86. The molecule has 0 radical (unpaired) electrons. The fourth-order valence-electron chi connectivity index (χ4n) is 3.11. The van der Waals surface area contributed by atoms with E-state index in [4.69, 9.17) is 0 Å². The molecule has 0 spiro atoms. The molecule has 0 aliphatic heterocycles. The molecule has 0 saturated carbocycles. The van der Waals surface area contributed by atoms with Gasteiger partial charge in [0.15, 0.2) is 0 Å². The standard InChI is InChI=1S/C18H13.CH4.2CH3.2ClH.Zr/c1-2-8-13(7-1)18-16-11-5-3-9-14(16)15-10-4-6-12-17(15)18;;;;;;/h1,3-7,9-12,18H,2H2;1H4;2*1H3;2*1H;/q-1;;2*-1;;;+2/p-2. The number of hydrogen-bond acceptors (Lipinski definition) is 0. The van der Waals surface area contributed by atoms with E-state index in [0.717, 1.165) is 6.42 Å². The minimum atomic E-state index is 0. The van der Waals surface area contributed by atoms with E-state index >= 15 is 0 Å². The van der Waals surface area contributed by atoms with Gasteiger partial charge in [-0.3, -0.25) is 6.08 Å². The maximum Gasteiger partial charge on any atom is 2.00 e.